The van der Waals surface area contributed by atoms with E-state index in [0.29, 0.717) is 12.2 Å². The molecule has 0 bridgehead atoms. The molecule has 0 unspecified atom stereocenters. The fraction of sp³-hybridized carbons (Fsp3) is 0.353. The van der Waals surface area contributed by atoms with Crippen molar-refractivity contribution in [3.05, 3.63) is 57.9 Å². The molecule has 0 spiro atoms. The smallest absolute Gasteiger partial charge is 0.268 e. The molecule has 1 aromatic heterocycles. The van der Waals surface area contributed by atoms with E-state index in [1.165, 1.54) is 5.56 Å². The topological polar surface area (TPSA) is 65.1 Å². The van der Waals surface area contributed by atoms with E-state index in [0.717, 1.165) is 22.4 Å². The van der Waals surface area contributed by atoms with Gasteiger partial charge >= 0.3 is 0 Å². The van der Waals surface area contributed by atoms with Crippen LogP contribution in [0, 0.1) is 20.8 Å². The highest BCUT2D eigenvalue weighted by Crippen LogP contribution is 2.24. The fourth-order valence-corrected chi connectivity index (χ4v) is 2.59. The van der Waals surface area contributed by atoms with E-state index in [9.17, 15) is 9.90 Å². The largest absolute Gasteiger partial charge is 0.389 e. The number of rotatable bonds is 4. The summed E-state index contributed by atoms with van der Waals surface area (Å²) < 4.78 is 0. The normalized spacial score (nSPS) is 12.2. The molecule has 2 aromatic rings. The first-order valence-corrected chi connectivity index (χ1v) is 7.11. The highest BCUT2D eigenvalue weighted by atomic mass is 16.3. The van der Waals surface area contributed by atoms with Gasteiger partial charge in [-0.1, -0.05) is 29.8 Å². The van der Waals surface area contributed by atoms with Crippen molar-refractivity contribution >= 4 is 5.91 Å². The Balaban J connectivity index is 2.10. The zero-order chi connectivity index (χ0) is 15.6. The Morgan fingerprint density at radius 2 is 1.86 bits per heavy atom. The number of aromatic amines is 1. The predicted molar refractivity (Wildman–Crippen MR) is 83.2 cm³/mol. The summed E-state index contributed by atoms with van der Waals surface area (Å²) in [5.74, 6) is -0.150. The molecule has 21 heavy (non-hydrogen) atoms. The molecule has 1 atom stereocenters. The van der Waals surface area contributed by atoms with Gasteiger partial charge in [0.25, 0.3) is 5.91 Å². The van der Waals surface area contributed by atoms with Gasteiger partial charge in [0.05, 0.1) is 6.10 Å². The van der Waals surface area contributed by atoms with Crippen molar-refractivity contribution < 1.29 is 9.90 Å². The zero-order valence-electron chi connectivity index (χ0n) is 12.9. The number of nitrogens with one attached hydrogen (secondary N) is 2. The molecule has 112 valence electrons. The number of aromatic nitrogens is 1. The number of aliphatic hydroxyl groups is 1. The van der Waals surface area contributed by atoms with Crippen molar-refractivity contribution in [2.75, 3.05) is 0 Å². The number of H-pyrrole nitrogens is 1. The van der Waals surface area contributed by atoms with Gasteiger partial charge in [-0.05, 0) is 38.8 Å². The van der Waals surface area contributed by atoms with Crippen molar-refractivity contribution in [2.45, 2.75) is 40.3 Å². The highest BCUT2D eigenvalue weighted by molar-refractivity contribution is 5.94. The summed E-state index contributed by atoms with van der Waals surface area (Å²) in [7, 11) is 0. The standard InChI is InChI=1S/C17H22N2O2/c1-10-5-7-14(8-6-10)9-18-17(21)16-11(2)15(13(4)20)12(3)19-16/h5-8,13,19-20H,9H2,1-4H3,(H,18,21)/t13-/m0/s1. The number of hydrogen-bond donors (Lipinski definition) is 3. The molecule has 0 aliphatic rings. The van der Waals surface area contributed by atoms with Crippen LogP contribution in [-0.4, -0.2) is 16.0 Å². The molecule has 4 nitrogen and oxygen atoms in total. The second kappa shape index (κ2) is 6.14. The van der Waals surface area contributed by atoms with Gasteiger partial charge in [0.2, 0.25) is 0 Å². The molecule has 0 saturated carbocycles. The Hall–Kier alpha value is -2.07. The monoisotopic (exact) mass is 286 g/mol. The van der Waals surface area contributed by atoms with Gasteiger partial charge in [-0.15, -0.1) is 0 Å². The maximum absolute atomic E-state index is 12.3. The lowest BCUT2D eigenvalue weighted by molar-refractivity contribution is 0.0945. The number of hydrogen-bond acceptors (Lipinski definition) is 2. The molecule has 3 N–H and O–H groups in total. The van der Waals surface area contributed by atoms with Crippen molar-refractivity contribution in [2.24, 2.45) is 0 Å². The quantitative estimate of drug-likeness (QED) is 0.809. The van der Waals surface area contributed by atoms with Gasteiger partial charge < -0.3 is 15.4 Å². The van der Waals surface area contributed by atoms with Gasteiger partial charge in [0.15, 0.2) is 0 Å². The van der Waals surface area contributed by atoms with Crippen LogP contribution in [0.5, 0.6) is 0 Å². The minimum absolute atomic E-state index is 0.150. The van der Waals surface area contributed by atoms with E-state index in [1.54, 1.807) is 6.92 Å². The Labute approximate surface area is 125 Å². The van der Waals surface area contributed by atoms with E-state index < -0.39 is 6.10 Å². The van der Waals surface area contributed by atoms with Gasteiger partial charge in [-0.3, -0.25) is 4.79 Å². The van der Waals surface area contributed by atoms with Crippen LogP contribution in [0.25, 0.3) is 0 Å². The van der Waals surface area contributed by atoms with Crippen molar-refractivity contribution in [3.8, 4) is 0 Å². The summed E-state index contributed by atoms with van der Waals surface area (Å²) in [4.78, 5) is 15.3. The molecule has 4 heteroatoms. The van der Waals surface area contributed by atoms with Crippen LogP contribution in [-0.2, 0) is 6.54 Å². The zero-order valence-corrected chi connectivity index (χ0v) is 12.9. The summed E-state index contributed by atoms with van der Waals surface area (Å²) in [5, 5.41) is 12.7. The molecule has 2 rings (SSSR count). The SMILES string of the molecule is Cc1ccc(CNC(=O)c2[nH]c(C)c([C@H](C)O)c2C)cc1. The van der Waals surface area contributed by atoms with Crippen LogP contribution in [0.15, 0.2) is 24.3 Å². The van der Waals surface area contributed by atoms with E-state index in [4.69, 9.17) is 0 Å². The molecule has 0 saturated heterocycles. The number of carbonyl (C=O) groups excluding carboxylic acids is 1. The van der Waals surface area contributed by atoms with Gasteiger partial charge in [0.1, 0.15) is 5.69 Å². The maximum Gasteiger partial charge on any atom is 0.268 e. The second-order valence-electron chi connectivity index (χ2n) is 5.51. The van der Waals surface area contributed by atoms with Crippen LogP contribution in [0.3, 0.4) is 0 Å². The maximum atomic E-state index is 12.3. The molecule has 0 aliphatic heterocycles. The van der Waals surface area contributed by atoms with Gasteiger partial charge in [-0.2, -0.15) is 0 Å². The van der Waals surface area contributed by atoms with Gasteiger partial charge in [0, 0.05) is 17.8 Å². The third-order valence-corrected chi connectivity index (χ3v) is 3.71. The summed E-state index contributed by atoms with van der Waals surface area (Å²) >= 11 is 0. The number of amides is 1. The lowest BCUT2D eigenvalue weighted by Crippen LogP contribution is -2.24. The van der Waals surface area contributed by atoms with Gasteiger partial charge in [-0.25, -0.2) is 0 Å². The van der Waals surface area contributed by atoms with E-state index in [-0.39, 0.29) is 5.91 Å². The number of aryl methyl sites for hydroxylation is 2. The summed E-state index contributed by atoms with van der Waals surface area (Å²) in [6.45, 7) is 7.95. The Morgan fingerprint density at radius 1 is 1.24 bits per heavy atom. The summed E-state index contributed by atoms with van der Waals surface area (Å²) in [6.07, 6.45) is -0.583. The average Bonchev–Trinajstić information content (AvgIpc) is 2.73. The molecular weight excluding hydrogens is 264 g/mol. The van der Waals surface area contributed by atoms with Crippen LogP contribution >= 0.6 is 0 Å². The number of benzene rings is 1. The summed E-state index contributed by atoms with van der Waals surface area (Å²) in [6, 6.07) is 8.06. The molecule has 0 radical (unpaired) electrons. The minimum Gasteiger partial charge on any atom is -0.389 e. The minimum atomic E-state index is -0.583. The third kappa shape index (κ3) is 3.34. The highest BCUT2D eigenvalue weighted by Gasteiger charge is 2.19. The average molecular weight is 286 g/mol. The van der Waals surface area contributed by atoms with Crippen molar-refractivity contribution in [3.63, 3.8) is 0 Å². The Morgan fingerprint density at radius 3 is 2.38 bits per heavy atom. The number of carbonyl (C=O) groups is 1. The second-order valence-corrected chi connectivity index (χ2v) is 5.51. The van der Waals surface area contributed by atoms with E-state index in [1.807, 2.05) is 45.0 Å². The van der Waals surface area contributed by atoms with Crippen LogP contribution in [0.2, 0.25) is 0 Å². The first kappa shape index (κ1) is 15.3. The predicted octanol–water partition coefficient (Wildman–Crippen LogP) is 2.92. The molecule has 0 fully saturated rings. The van der Waals surface area contributed by atoms with Crippen molar-refractivity contribution in [1.29, 1.82) is 0 Å². The molecule has 1 heterocycles. The lowest BCUT2D eigenvalue weighted by Gasteiger charge is -2.07. The van der Waals surface area contributed by atoms with E-state index in [2.05, 4.69) is 10.3 Å². The van der Waals surface area contributed by atoms with Crippen LogP contribution < -0.4 is 5.32 Å². The molecule has 1 amide bonds. The Kier molecular flexibility index (Phi) is 4.48. The third-order valence-electron chi connectivity index (χ3n) is 3.71. The first-order valence-electron chi connectivity index (χ1n) is 7.11. The first-order chi connectivity index (χ1) is 9.90. The Bertz CT molecular complexity index is 640. The molecule has 1 aromatic carbocycles. The summed E-state index contributed by atoms with van der Waals surface area (Å²) in [5.41, 5.74) is 5.23. The molecule has 0 aliphatic carbocycles. The van der Waals surface area contributed by atoms with E-state index >= 15 is 0 Å². The molecular formula is C17H22N2O2. The van der Waals surface area contributed by atoms with Crippen molar-refractivity contribution in [1.82, 2.24) is 10.3 Å². The van der Waals surface area contributed by atoms with Crippen LogP contribution in [0.4, 0.5) is 0 Å². The fourth-order valence-electron chi connectivity index (χ4n) is 2.59. The number of aliphatic hydroxyl groups excluding tert-OH is 1. The van der Waals surface area contributed by atoms with Crippen LogP contribution in [0.1, 0.15) is 51.5 Å². The lowest BCUT2D eigenvalue weighted by atomic mass is 10.1.